The highest BCUT2D eigenvalue weighted by Gasteiger charge is 2.22. The van der Waals surface area contributed by atoms with Crippen molar-refractivity contribution in [2.24, 2.45) is 0 Å². The van der Waals surface area contributed by atoms with E-state index in [-0.39, 0.29) is 11.5 Å². The first-order valence-electron chi connectivity index (χ1n) is 8.99. The van der Waals surface area contributed by atoms with Crippen molar-refractivity contribution >= 4 is 5.91 Å². The third-order valence-electron chi connectivity index (χ3n) is 4.80. The first-order chi connectivity index (χ1) is 12.3. The van der Waals surface area contributed by atoms with Crippen LogP contribution in [0.4, 0.5) is 0 Å². The fourth-order valence-electron chi connectivity index (χ4n) is 3.19. The second kappa shape index (κ2) is 7.41. The summed E-state index contributed by atoms with van der Waals surface area (Å²) in [6, 6.07) is 7.56. The average molecular weight is 355 g/mol. The topological polar surface area (TPSA) is 86.3 Å². The summed E-state index contributed by atoms with van der Waals surface area (Å²) in [5, 5.41) is 9.82. The molecule has 6 heteroatoms. The van der Waals surface area contributed by atoms with Crippen LogP contribution >= 0.6 is 0 Å². The maximum absolute atomic E-state index is 12.8. The van der Waals surface area contributed by atoms with E-state index in [1.54, 1.807) is 18.7 Å². The van der Waals surface area contributed by atoms with Crippen LogP contribution in [0.5, 0.6) is 0 Å². The average Bonchev–Trinajstić information content (AvgIpc) is 2.83. The van der Waals surface area contributed by atoms with Gasteiger partial charge in [-0.2, -0.15) is 0 Å². The van der Waals surface area contributed by atoms with Crippen LogP contribution in [0.3, 0.4) is 0 Å². The van der Waals surface area contributed by atoms with Gasteiger partial charge in [0.05, 0.1) is 17.6 Å². The first-order valence-corrected chi connectivity index (χ1v) is 8.99. The van der Waals surface area contributed by atoms with Crippen molar-refractivity contribution in [1.29, 1.82) is 0 Å². The Bertz CT molecular complexity index is 835. The number of hydrogen-bond donors (Lipinski definition) is 2. The Morgan fingerprint density at radius 3 is 2.62 bits per heavy atom. The van der Waals surface area contributed by atoms with Gasteiger partial charge in [-0.15, -0.1) is 0 Å². The Morgan fingerprint density at radius 2 is 1.92 bits per heavy atom. The van der Waals surface area contributed by atoms with Gasteiger partial charge in [0.1, 0.15) is 0 Å². The van der Waals surface area contributed by atoms with Gasteiger partial charge in [-0.3, -0.25) is 9.59 Å². The third-order valence-corrected chi connectivity index (χ3v) is 4.80. The number of carbonyl (C=O) groups excluding carboxylic acids is 1. The molecule has 3 rings (SSSR count). The normalized spacial score (nSPS) is 14.7. The van der Waals surface area contributed by atoms with Crippen molar-refractivity contribution in [3.05, 3.63) is 63.3 Å². The van der Waals surface area contributed by atoms with E-state index in [1.807, 2.05) is 24.3 Å². The van der Waals surface area contributed by atoms with Gasteiger partial charge in [-0.1, -0.05) is 12.1 Å². The third kappa shape index (κ3) is 4.38. The molecule has 2 aromatic rings. The van der Waals surface area contributed by atoms with Gasteiger partial charge in [0, 0.05) is 30.6 Å². The number of nitrogens with zero attached hydrogens (tertiary/aromatic N) is 2. The molecule has 0 bridgehead atoms. The van der Waals surface area contributed by atoms with Gasteiger partial charge >= 0.3 is 0 Å². The Labute approximate surface area is 152 Å². The van der Waals surface area contributed by atoms with Crippen LogP contribution in [0.15, 0.2) is 35.4 Å². The highest BCUT2D eigenvalue weighted by molar-refractivity contribution is 5.94. The minimum Gasteiger partial charge on any atom is -0.390 e. The maximum atomic E-state index is 12.8. The molecule has 1 aliphatic heterocycles. The fraction of sp³-hybridized carbons (Fsp3) is 0.450. The molecule has 0 radical (unpaired) electrons. The van der Waals surface area contributed by atoms with Crippen molar-refractivity contribution in [1.82, 2.24) is 14.9 Å². The molecule has 0 unspecified atom stereocenters. The van der Waals surface area contributed by atoms with Crippen molar-refractivity contribution in [3.8, 4) is 0 Å². The standard InChI is InChI=1S/C20H25N3O3/c1-20(2,26)10-7-14-3-5-15(6-4-14)19(25)23-11-8-16-17(9-12-23)21-13-22-18(16)24/h3-6,13,26H,7-12H2,1-2H3,(H,21,22,24). The Balaban J connectivity index is 1.66. The van der Waals surface area contributed by atoms with Crippen LogP contribution in [0.1, 0.15) is 47.4 Å². The molecule has 138 valence electrons. The van der Waals surface area contributed by atoms with Crippen LogP contribution in [-0.2, 0) is 19.3 Å². The summed E-state index contributed by atoms with van der Waals surface area (Å²) in [5.74, 6) is -0.0247. The lowest BCUT2D eigenvalue weighted by molar-refractivity contribution is 0.0712. The van der Waals surface area contributed by atoms with Crippen LogP contribution in [0.25, 0.3) is 0 Å². The van der Waals surface area contributed by atoms with Crippen molar-refractivity contribution in [2.45, 2.75) is 45.1 Å². The second-order valence-electron chi connectivity index (χ2n) is 7.46. The van der Waals surface area contributed by atoms with Crippen LogP contribution < -0.4 is 5.56 Å². The van der Waals surface area contributed by atoms with Crippen LogP contribution in [0, 0.1) is 0 Å². The summed E-state index contributed by atoms with van der Waals surface area (Å²) in [5.41, 5.74) is 2.41. The number of rotatable bonds is 4. The molecule has 1 aromatic carbocycles. The number of nitrogens with one attached hydrogen (secondary N) is 1. The van der Waals surface area contributed by atoms with E-state index in [0.29, 0.717) is 43.5 Å². The smallest absolute Gasteiger partial charge is 0.254 e. The van der Waals surface area contributed by atoms with Crippen molar-refractivity contribution < 1.29 is 9.90 Å². The molecule has 1 aromatic heterocycles. The molecular formula is C20H25N3O3. The first kappa shape index (κ1) is 18.3. The lowest BCUT2D eigenvalue weighted by Crippen LogP contribution is -2.33. The van der Waals surface area contributed by atoms with E-state index in [2.05, 4.69) is 9.97 Å². The fourth-order valence-corrected chi connectivity index (χ4v) is 3.19. The molecular weight excluding hydrogens is 330 g/mol. The largest absolute Gasteiger partial charge is 0.390 e. The molecule has 0 saturated carbocycles. The second-order valence-corrected chi connectivity index (χ2v) is 7.46. The summed E-state index contributed by atoms with van der Waals surface area (Å²) in [4.78, 5) is 33.3. The van der Waals surface area contributed by atoms with E-state index in [9.17, 15) is 14.7 Å². The lowest BCUT2D eigenvalue weighted by atomic mass is 9.98. The molecule has 0 fully saturated rings. The lowest BCUT2D eigenvalue weighted by Gasteiger charge is -2.20. The molecule has 2 N–H and O–H groups in total. The maximum Gasteiger partial charge on any atom is 0.254 e. The minimum absolute atomic E-state index is 0.0247. The van der Waals surface area contributed by atoms with Gasteiger partial charge < -0.3 is 15.0 Å². The Morgan fingerprint density at radius 1 is 1.23 bits per heavy atom. The summed E-state index contributed by atoms with van der Waals surface area (Å²) in [7, 11) is 0. The van der Waals surface area contributed by atoms with E-state index >= 15 is 0 Å². The van der Waals surface area contributed by atoms with Crippen molar-refractivity contribution in [2.75, 3.05) is 13.1 Å². The minimum atomic E-state index is -0.693. The number of aryl methyl sites for hydroxylation is 1. The SMILES string of the molecule is CC(C)(O)CCc1ccc(C(=O)N2CCc3nc[nH]c(=O)c3CC2)cc1. The van der Waals surface area contributed by atoms with E-state index in [0.717, 1.165) is 17.7 Å². The zero-order valence-corrected chi connectivity index (χ0v) is 15.3. The number of aromatic nitrogens is 2. The van der Waals surface area contributed by atoms with Gasteiger partial charge in [0.25, 0.3) is 11.5 Å². The highest BCUT2D eigenvalue weighted by atomic mass is 16.3. The van der Waals surface area contributed by atoms with Crippen LogP contribution in [-0.4, -0.2) is 44.6 Å². The Hall–Kier alpha value is -2.47. The molecule has 6 nitrogen and oxygen atoms in total. The quantitative estimate of drug-likeness (QED) is 0.874. The molecule has 0 spiro atoms. The van der Waals surface area contributed by atoms with Gasteiger partial charge in [0.15, 0.2) is 0 Å². The zero-order chi connectivity index (χ0) is 18.7. The highest BCUT2D eigenvalue weighted by Crippen LogP contribution is 2.16. The van der Waals surface area contributed by atoms with Crippen molar-refractivity contribution in [3.63, 3.8) is 0 Å². The van der Waals surface area contributed by atoms with Crippen LogP contribution in [0.2, 0.25) is 0 Å². The number of carbonyl (C=O) groups is 1. The summed E-state index contributed by atoms with van der Waals surface area (Å²) in [6.07, 6.45) is 3.98. The van der Waals surface area contributed by atoms with Gasteiger partial charge in [-0.05, 0) is 50.8 Å². The number of aliphatic hydroxyl groups is 1. The molecule has 2 heterocycles. The number of amides is 1. The summed E-state index contributed by atoms with van der Waals surface area (Å²) < 4.78 is 0. The van der Waals surface area contributed by atoms with Gasteiger partial charge in [0.2, 0.25) is 0 Å². The molecule has 26 heavy (non-hydrogen) atoms. The molecule has 0 saturated heterocycles. The number of H-pyrrole nitrogens is 1. The Kier molecular flexibility index (Phi) is 5.23. The van der Waals surface area contributed by atoms with E-state index < -0.39 is 5.60 Å². The van der Waals surface area contributed by atoms with E-state index in [1.165, 1.54) is 6.33 Å². The number of fused-ring (bicyclic) bond motifs is 1. The molecule has 0 atom stereocenters. The monoisotopic (exact) mass is 355 g/mol. The molecule has 1 amide bonds. The predicted molar refractivity (Wildman–Crippen MR) is 99.2 cm³/mol. The van der Waals surface area contributed by atoms with E-state index in [4.69, 9.17) is 0 Å². The molecule has 1 aliphatic rings. The summed E-state index contributed by atoms with van der Waals surface area (Å²) >= 11 is 0. The number of hydrogen-bond acceptors (Lipinski definition) is 4. The van der Waals surface area contributed by atoms with Gasteiger partial charge in [-0.25, -0.2) is 4.98 Å². The predicted octanol–water partition coefficient (Wildman–Crippen LogP) is 1.71. The number of aromatic amines is 1. The molecule has 0 aliphatic carbocycles. The zero-order valence-electron chi connectivity index (χ0n) is 15.3. The number of benzene rings is 1. The summed E-state index contributed by atoms with van der Waals surface area (Å²) in [6.45, 7) is 4.66.